The Bertz CT molecular complexity index is 386. The number of aromatic nitrogens is 1. The molecule has 0 amide bonds. The maximum absolute atomic E-state index is 4.42. The van der Waals surface area contributed by atoms with Crippen LogP contribution in [0.25, 0.3) is 0 Å². The molecule has 0 spiro atoms. The molecule has 2 heteroatoms. The topological polar surface area (TPSA) is 24.9 Å². The molecule has 112 valence electrons. The molecule has 1 aromatic heterocycles. The van der Waals surface area contributed by atoms with E-state index in [0.29, 0.717) is 11.5 Å². The average molecular weight is 274 g/mol. The summed E-state index contributed by atoms with van der Waals surface area (Å²) in [5, 5.41) is 3.66. The first-order valence-corrected chi connectivity index (χ1v) is 8.11. The molecule has 20 heavy (non-hydrogen) atoms. The van der Waals surface area contributed by atoms with Gasteiger partial charge in [-0.1, -0.05) is 26.8 Å². The Labute approximate surface area is 124 Å². The fourth-order valence-corrected chi connectivity index (χ4v) is 3.31. The minimum atomic E-state index is 0.358. The van der Waals surface area contributed by atoms with Gasteiger partial charge in [-0.05, 0) is 68.5 Å². The number of nitrogens with one attached hydrogen (secondary N) is 1. The second-order valence-corrected chi connectivity index (χ2v) is 7.47. The highest BCUT2D eigenvalue weighted by Crippen LogP contribution is 2.39. The van der Waals surface area contributed by atoms with Gasteiger partial charge in [0.25, 0.3) is 0 Å². The van der Waals surface area contributed by atoms with Crippen LogP contribution in [0.1, 0.15) is 65.1 Å². The molecule has 2 nitrogen and oxygen atoms in total. The molecule has 0 bridgehead atoms. The van der Waals surface area contributed by atoms with Crippen LogP contribution < -0.4 is 5.32 Å². The van der Waals surface area contributed by atoms with Crippen LogP contribution in [0.3, 0.4) is 0 Å². The van der Waals surface area contributed by atoms with E-state index in [9.17, 15) is 0 Å². The average Bonchev–Trinajstić information content (AvgIpc) is 2.45. The summed E-state index contributed by atoms with van der Waals surface area (Å²) in [7, 11) is 0. The summed E-state index contributed by atoms with van der Waals surface area (Å²) in [5.41, 5.74) is 1.63. The van der Waals surface area contributed by atoms with Gasteiger partial charge in [0, 0.05) is 12.2 Å². The molecule has 1 N–H and O–H groups in total. The van der Waals surface area contributed by atoms with Gasteiger partial charge in [0.05, 0.1) is 5.69 Å². The highest BCUT2D eigenvalue weighted by Gasteiger charge is 2.29. The normalized spacial score (nSPS) is 25.4. The second kappa shape index (κ2) is 6.71. The van der Waals surface area contributed by atoms with E-state index in [-0.39, 0.29) is 0 Å². The van der Waals surface area contributed by atoms with Gasteiger partial charge >= 0.3 is 0 Å². The van der Waals surface area contributed by atoms with Crippen molar-refractivity contribution in [1.82, 2.24) is 10.3 Å². The standard InChI is InChI=1S/C18H30N2/c1-14(17-7-5-6-12-19-17)20-13-15-8-10-16(11-9-15)18(2,3)4/h5-7,12,14-16,20H,8-11,13H2,1-4H3/t14-,15?,16?/m1/s1. The van der Waals surface area contributed by atoms with Gasteiger partial charge in [0.2, 0.25) is 0 Å². The molecule has 1 saturated carbocycles. The lowest BCUT2D eigenvalue weighted by molar-refractivity contribution is 0.148. The maximum atomic E-state index is 4.42. The van der Waals surface area contributed by atoms with E-state index in [1.165, 1.54) is 25.7 Å². The van der Waals surface area contributed by atoms with Gasteiger partial charge in [-0.15, -0.1) is 0 Å². The van der Waals surface area contributed by atoms with Crippen LogP contribution in [-0.2, 0) is 0 Å². The first kappa shape index (κ1) is 15.5. The number of hydrogen-bond donors (Lipinski definition) is 1. The monoisotopic (exact) mass is 274 g/mol. The number of rotatable bonds is 4. The highest BCUT2D eigenvalue weighted by molar-refractivity contribution is 5.07. The SMILES string of the molecule is C[C@@H](NCC1CCC(C(C)(C)C)CC1)c1ccccn1. The van der Waals surface area contributed by atoms with E-state index in [0.717, 1.165) is 24.1 Å². The Balaban J connectivity index is 1.74. The summed E-state index contributed by atoms with van der Waals surface area (Å²) in [6, 6.07) is 6.50. The fourth-order valence-electron chi connectivity index (χ4n) is 3.31. The van der Waals surface area contributed by atoms with E-state index in [1.807, 2.05) is 12.3 Å². The molecule has 0 radical (unpaired) electrons. The summed E-state index contributed by atoms with van der Waals surface area (Å²) >= 11 is 0. The summed E-state index contributed by atoms with van der Waals surface area (Å²) in [5.74, 6) is 1.76. The van der Waals surface area contributed by atoms with Gasteiger partial charge in [0.15, 0.2) is 0 Å². The van der Waals surface area contributed by atoms with Gasteiger partial charge in [0.1, 0.15) is 0 Å². The molecule has 0 saturated heterocycles. The van der Waals surface area contributed by atoms with Crippen molar-refractivity contribution in [3.63, 3.8) is 0 Å². The molecule has 0 unspecified atom stereocenters. The van der Waals surface area contributed by atoms with Gasteiger partial charge in [-0.2, -0.15) is 0 Å². The first-order valence-electron chi connectivity index (χ1n) is 8.11. The Kier molecular flexibility index (Phi) is 5.20. The van der Waals surface area contributed by atoms with Crippen LogP contribution in [-0.4, -0.2) is 11.5 Å². The number of hydrogen-bond acceptors (Lipinski definition) is 2. The number of nitrogens with zero attached hydrogens (tertiary/aromatic N) is 1. The van der Waals surface area contributed by atoms with Crippen molar-refractivity contribution >= 4 is 0 Å². The number of pyridine rings is 1. The molecular formula is C18H30N2. The molecule has 1 fully saturated rings. The fraction of sp³-hybridized carbons (Fsp3) is 0.722. The molecule has 2 rings (SSSR count). The lowest BCUT2D eigenvalue weighted by Gasteiger charge is -2.37. The summed E-state index contributed by atoms with van der Waals surface area (Å²) in [6.45, 7) is 10.5. The quantitative estimate of drug-likeness (QED) is 0.869. The zero-order valence-corrected chi connectivity index (χ0v) is 13.5. The molecule has 0 aromatic carbocycles. The van der Waals surface area contributed by atoms with Gasteiger partial charge < -0.3 is 5.32 Å². The largest absolute Gasteiger partial charge is 0.309 e. The van der Waals surface area contributed by atoms with Crippen molar-refractivity contribution in [3.05, 3.63) is 30.1 Å². The molecule has 1 atom stereocenters. The first-order chi connectivity index (χ1) is 9.47. The van der Waals surface area contributed by atoms with E-state index in [2.05, 4.69) is 50.1 Å². The Morgan fingerprint density at radius 2 is 1.90 bits per heavy atom. The smallest absolute Gasteiger partial charge is 0.0570 e. The lowest BCUT2D eigenvalue weighted by Crippen LogP contribution is -2.31. The molecular weight excluding hydrogens is 244 g/mol. The van der Waals surface area contributed by atoms with Crippen molar-refractivity contribution in [2.45, 2.75) is 59.4 Å². The van der Waals surface area contributed by atoms with Gasteiger partial charge in [-0.3, -0.25) is 4.98 Å². The van der Waals surface area contributed by atoms with Crippen LogP contribution in [0.2, 0.25) is 0 Å². The minimum Gasteiger partial charge on any atom is -0.309 e. The van der Waals surface area contributed by atoms with Crippen molar-refractivity contribution in [2.75, 3.05) is 6.54 Å². The Morgan fingerprint density at radius 1 is 1.20 bits per heavy atom. The van der Waals surface area contributed by atoms with Crippen LogP contribution >= 0.6 is 0 Å². The molecule has 1 aromatic rings. The second-order valence-electron chi connectivity index (χ2n) is 7.47. The van der Waals surface area contributed by atoms with E-state index in [1.54, 1.807) is 0 Å². The summed E-state index contributed by atoms with van der Waals surface area (Å²) in [6.07, 6.45) is 7.43. The third-order valence-electron chi connectivity index (χ3n) is 4.92. The van der Waals surface area contributed by atoms with Gasteiger partial charge in [-0.25, -0.2) is 0 Å². The van der Waals surface area contributed by atoms with Crippen molar-refractivity contribution in [1.29, 1.82) is 0 Å². The predicted molar refractivity (Wildman–Crippen MR) is 85.6 cm³/mol. The molecule has 1 heterocycles. The lowest BCUT2D eigenvalue weighted by atomic mass is 9.70. The minimum absolute atomic E-state index is 0.358. The van der Waals surface area contributed by atoms with Crippen molar-refractivity contribution in [3.8, 4) is 0 Å². The molecule has 1 aliphatic rings. The molecule has 1 aliphatic carbocycles. The van der Waals surface area contributed by atoms with Crippen LogP contribution in [0.4, 0.5) is 0 Å². The predicted octanol–water partition coefficient (Wildman–Crippen LogP) is 4.58. The Morgan fingerprint density at radius 3 is 2.45 bits per heavy atom. The van der Waals surface area contributed by atoms with Crippen LogP contribution in [0, 0.1) is 17.3 Å². The molecule has 0 aliphatic heterocycles. The third-order valence-corrected chi connectivity index (χ3v) is 4.92. The van der Waals surface area contributed by atoms with Crippen LogP contribution in [0.5, 0.6) is 0 Å². The summed E-state index contributed by atoms with van der Waals surface area (Å²) < 4.78 is 0. The zero-order chi connectivity index (χ0) is 14.6. The Hall–Kier alpha value is -0.890. The van der Waals surface area contributed by atoms with Crippen molar-refractivity contribution in [2.24, 2.45) is 17.3 Å². The van der Waals surface area contributed by atoms with E-state index >= 15 is 0 Å². The summed E-state index contributed by atoms with van der Waals surface area (Å²) in [4.78, 5) is 4.42. The van der Waals surface area contributed by atoms with Crippen LogP contribution in [0.15, 0.2) is 24.4 Å². The maximum Gasteiger partial charge on any atom is 0.0570 e. The zero-order valence-electron chi connectivity index (χ0n) is 13.5. The van der Waals surface area contributed by atoms with Crippen molar-refractivity contribution < 1.29 is 0 Å². The van der Waals surface area contributed by atoms with E-state index in [4.69, 9.17) is 0 Å². The highest BCUT2D eigenvalue weighted by atomic mass is 14.9. The van der Waals surface area contributed by atoms with E-state index < -0.39 is 0 Å². The third kappa shape index (κ3) is 4.31.